The highest BCUT2D eigenvalue weighted by molar-refractivity contribution is 7.09. The average Bonchev–Trinajstić information content (AvgIpc) is 3.49. The number of nitrogens with zero attached hydrogens (tertiary/aromatic N) is 3. The zero-order valence-electron chi connectivity index (χ0n) is 16.1. The van der Waals surface area contributed by atoms with E-state index in [0.717, 1.165) is 30.0 Å². The van der Waals surface area contributed by atoms with E-state index >= 15 is 0 Å². The van der Waals surface area contributed by atoms with E-state index in [4.69, 9.17) is 10.5 Å². The van der Waals surface area contributed by atoms with Crippen LogP contribution in [-0.2, 0) is 20.9 Å². The third-order valence-electron chi connectivity index (χ3n) is 5.17. The van der Waals surface area contributed by atoms with Crippen LogP contribution in [0.25, 0.3) is 0 Å². The number of benzene rings is 1. The summed E-state index contributed by atoms with van der Waals surface area (Å²) in [6, 6.07) is 12.6. The quantitative estimate of drug-likeness (QED) is 0.756. The fourth-order valence-corrected chi connectivity index (χ4v) is 4.43. The average molecular weight is 413 g/mol. The number of hydrogen-bond acceptors (Lipinski definition) is 6. The maximum absolute atomic E-state index is 13.4. The van der Waals surface area contributed by atoms with Gasteiger partial charge in [0.25, 0.3) is 5.91 Å². The third-order valence-corrected chi connectivity index (χ3v) is 6.03. The van der Waals surface area contributed by atoms with Gasteiger partial charge in [-0.05, 0) is 36.4 Å². The molecular weight excluding hydrogens is 388 g/mol. The van der Waals surface area contributed by atoms with Crippen molar-refractivity contribution in [1.29, 1.82) is 0 Å². The van der Waals surface area contributed by atoms with Gasteiger partial charge in [-0.25, -0.2) is 0 Å². The van der Waals surface area contributed by atoms with Crippen molar-refractivity contribution in [1.82, 2.24) is 4.90 Å². The Morgan fingerprint density at radius 1 is 1.24 bits per heavy atom. The Kier molecular flexibility index (Phi) is 5.92. The first kappa shape index (κ1) is 19.6. The number of ether oxygens (including phenoxy) is 1. The molecule has 1 aromatic heterocycles. The summed E-state index contributed by atoms with van der Waals surface area (Å²) in [4.78, 5) is 28.3. The lowest BCUT2D eigenvalue weighted by Gasteiger charge is -2.25. The molecule has 7 nitrogen and oxygen atoms in total. The van der Waals surface area contributed by atoms with Gasteiger partial charge in [-0.2, -0.15) is 5.10 Å². The number of nitrogens with two attached hydrogens (primary N) is 1. The predicted octanol–water partition coefficient (Wildman–Crippen LogP) is 2.38. The van der Waals surface area contributed by atoms with E-state index in [1.54, 1.807) is 21.2 Å². The second-order valence-electron chi connectivity index (χ2n) is 7.25. The van der Waals surface area contributed by atoms with E-state index in [2.05, 4.69) is 5.10 Å². The first-order valence-electron chi connectivity index (χ1n) is 9.76. The lowest BCUT2D eigenvalue weighted by Crippen LogP contribution is -2.42. The van der Waals surface area contributed by atoms with Crippen LogP contribution in [0.1, 0.15) is 24.1 Å². The molecule has 0 saturated carbocycles. The van der Waals surface area contributed by atoms with Crippen molar-refractivity contribution < 1.29 is 14.3 Å². The number of rotatable bonds is 7. The maximum atomic E-state index is 13.4. The second kappa shape index (κ2) is 8.75. The first-order valence-corrected chi connectivity index (χ1v) is 10.6. The molecule has 2 aromatic rings. The summed E-state index contributed by atoms with van der Waals surface area (Å²) in [5.74, 6) is -0.664. The fourth-order valence-electron chi connectivity index (χ4n) is 3.71. The van der Waals surface area contributed by atoms with Crippen LogP contribution < -0.4 is 10.7 Å². The smallest absolute Gasteiger partial charge is 0.270 e. The van der Waals surface area contributed by atoms with Gasteiger partial charge in [-0.15, -0.1) is 11.3 Å². The van der Waals surface area contributed by atoms with Crippen molar-refractivity contribution in [2.24, 2.45) is 10.8 Å². The van der Waals surface area contributed by atoms with Crippen molar-refractivity contribution in [3.8, 4) is 0 Å². The molecule has 2 aliphatic rings. The molecule has 152 valence electrons. The topological polar surface area (TPSA) is 88.2 Å². The maximum Gasteiger partial charge on any atom is 0.270 e. The normalized spacial score (nSPS) is 21.2. The Morgan fingerprint density at radius 2 is 2.07 bits per heavy atom. The van der Waals surface area contributed by atoms with E-state index in [0.29, 0.717) is 18.8 Å². The monoisotopic (exact) mass is 412 g/mol. The minimum Gasteiger partial charge on any atom is -0.376 e. The van der Waals surface area contributed by atoms with E-state index in [-0.39, 0.29) is 18.4 Å². The molecule has 1 aromatic carbocycles. The Labute approximate surface area is 173 Å². The molecule has 0 radical (unpaired) electrons. The Bertz CT molecular complexity index is 879. The van der Waals surface area contributed by atoms with Gasteiger partial charge in [0.05, 0.1) is 18.3 Å². The lowest BCUT2D eigenvalue weighted by molar-refractivity contribution is -0.126. The van der Waals surface area contributed by atoms with Crippen LogP contribution in [0.15, 0.2) is 52.9 Å². The number of anilines is 1. The summed E-state index contributed by atoms with van der Waals surface area (Å²) in [5, 5.41) is 8.06. The first-order chi connectivity index (χ1) is 14.1. The van der Waals surface area contributed by atoms with E-state index in [1.165, 1.54) is 0 Å². The zero-order chi connectivity index (χ0) is 20.2. The molecule has 2 atom stereocenters. The molecule has 1 fully saturated rings. The number of hydrogen-bond donors (Lipinski definition) is 1. The molecule has 8 heteroatoms. The number of thiophene rings is 1. The Balaban J connectivity index is 1.57. The van der Waals surface area contributed by atoms with Gasteiger partial charge < -0.3 is 15.4 Å². The fraction of sp³-hybridized carbons (Fsp3) is 0.381. The minimum absolute atomic E-state index is 0.0399. The van der Waals surface area contributed by atoms with Gasteiger partial charge in [-0.1, -0.05) is 24.3 Å². The third kappa shape index (κ3) is 4.49. The van der Waals surface area contributed by atoms with Crippen LogP contribution in [0.5, 0.6) is 0 Å². The Morgan fingerprint density at radius 3 is 2.72 bits per heavy atom. The molecule has 0 spiro atoms. The molecular formula is C21H24N4O3S. The van der Waals surface area contributed by atoms with E-state index in [9.17, 15) is 9.59 Å². The Hall–Kier alpha value is -2.71. The predicted molar refractivity (Wildman–Crippen MR) is 113 cm³/mol. The van der Waals surface area contributed by atoms with Gasteiger partial charge >= 0.3 is 0 Å². The lowest BCUT2D eigenvalue weighted by atomic mass is 10.1. The van der Waals surface area contributed by atoms with Gasteiger partial charge in [0.1, 0.15) is 11.8 Å². The van der Waals surface area contributed by atoms with Crippen molar-refractivity contribution in [3.63, 3.8) is 0 Å². The summed E-state index contributed by atoms with van der Waals surface area (Å²) in [5.41, 5.74) is 6.70. The van der Waals surface area contributed by atoms with Crippen LogP contribution in [0.3, 0.4) is 0 Å². The summed E-state index contributed by atoms with van der Waals surface area (Å²) in [6.07, 6.45) is 2.20. The standard InChI is InChI=1S/C21H24N4O3S/c22-20(26)19-12-18(23-25(19)15-6-2-1-3-7-15)21(27)24(13-16-8-4-10-28-16)14-17-9-5-11-29-17/h1-3,5-7,9,11,16,19H,4,8,10,12-14H2,(H2,22,26). The minimum atomic E-state index is -0.664. The van der Waals surface area contributed by atoms with Crippen LogP contribution in [0.4, 0.5) is 5.69 Å². The molecule has 2 unspecified atom stereocenters. The van der Waals surface area contributed by atoms with Gasteiger partial charge in [0.15, 0.2) is 0 Å². The van der Waals surface area contributed by atoms with Gasteiger partial charge in [0.2, 0.25) is 5.91 Å². The molecule has 29 heavy (non-hydrogen) atoms. The molecule has 2 N–H and O–H groups in total. The second-order valence-corrected chi connectivity index (χ2v) is 8.28. The van der Waals surface area contributed by atoms with Crippen molar-refractivity contribution in [2.75, 3.05) is 18.2 Å². The summed E-state index contributed by atoms with van der Waals surface area (Å²) in [6.45, 7) is 1.75. The molecule has 0 aliphatic carbocycles. The van der Waals surface area contributed by atoms with Crippen LogP contribution in [-0.4, -0.2) is 47.7 Å². The number of para-hydroxylation sites is 1. The molecule has 0 bridgehead atoms. The highest BCUT2D eigenvalue weighted by Crippen LogP contribution is 2.26. The number of amides is 2. The van der Waals surface area contributed by atoms with Crippen molar-refractivity contribution >= 4 is 34.6 Å². The van der Waals surface area contributed by atoms with Crippen molar-refractivity contribution in [3.05, 3.63) is 52.7 Å². The summed E-state index contributed by atoms with van der Waals surface area (Å²) in [7, 11) is 0. The number of hydrazone groups is 1. The number of primary amides is 1. The molecule has 4 rings (SSSR count). The number of carbonyl (C=O) groups is 2. The zero-order valence-corrected chi connectivity index (χ0v) is 16.9. The molecule has 2 amide bonds. The molecule has 1 saturated heterocycles. The van der Waals surface area contributed by atoms with E-state index in [1.807, 2.05) is 47.8 Å². The largest absolute Gasteiger partial charge is 0.376 e. The highest BCUT2D eigenvalue weighted by Gasteiger charge is 2.37. The highest BCUT2D eigenvalue weighted by atomic mass is 32.1. The molecule has 2 aliphatic heterocycles. The summed E-state index contributed by atoms with van der Waals surface area (Å²) < 4.78 is 5.75. The van der Waals surface area contributed by atoms with Gasteiger partial charge in [0, 0.05) is 24.4 Å². The molecule has 3 heterocycles. The van der Waals surface area contributed by atoms with Crippen LogP contribution >= 0.6 is 11.3 Å². The van der Waals surface area contributed by atoms with Gasteiger partial charge in [-0.3, -0.25) is 14.6 Å². The number of carbonyl (C=O) groups excluding carboxylic acids is 2. The van der Waals surface area contributed by atoms with Crippen LogP contribution in [0, 0.1) is 0 Å². The van der Waals surface area contributed by atoms with Crippen molar-refractivity contribution in [2.45, 2.75) is 38.0 Å². The summed E-state index contributed by atoms with van der Waals surface area (Å²) >= 11 is 1.61. The SMILES string of the molecule is NC(=O)C1CC(C(=O)N(Cc2cccs2)CC2CCCO2)=NN1c1ccccc1. The van der Waals surface area contributed by atoms with E-state index < -0.39 is 11.9 Å². The van der Waals surface area contributed by atoms with Crippen LogP contribution in [0.2, 0.25) is 0 Å².